The Morgan fingerprint density at radius 1 is 1.29 bits per heavy atom. The highest BCUT2D eigenvalue weighted by Gasteiger charge is 2.24. The molecule has 1 aromatic carbocycles. The lowest BCUT2D eigenvalue weighted by molar-refractivity contribution is 0.700. The lowest BCUT2D eigenvalue weighted by Crippen LogP contribution is -2.27. The zero-order valence-electron chi connectivity index (χ0n) is 13.2. The van der Waals surface area contributed by atoms with Gasteiger partial charge in [-0.3, -0.25) is 0 Å². The monoisotopic (exact) mass is 300 g/mol. The molecule has 1 saturated carbocycles. The van der Waals surface area contributed by atoms with Gasteiger partial charge in [-0.25, -0.2) is 4.98 Å². The highest BCUT2D eigenvalue weighted by Crippen LogP contribution is 2.32. The molecule has 0 radical (unpaired) electrons. The van der Waals surface area contributed by atoms with E-state index in [2.05, 4.69) is 49.3 Å². The maximum Gasteiger partial charge on any atom is 0.129 e. The average molecular weight is 300 g/mol. The Labute approximate surface area is 131 Å². The molecular weight excluding hydrogens is 276 g/mol. The SMILES string of the molecule is CCCN(CC1CC1)c1cc(C)c2ccc(SC)cc2n1. The zero-order chi connectivity index (χ0) is 14.8. The minimum atomic E-state index is 0.895. The van der Waals surface area contributed by atoms with E-state index < -0.39 is 0 Å². The van der Waals surface area contributed by atoms with Gasteiger partial charge in [0.2, 0.25) is 0 Å². The number of hydrogen-bond donors (Lipinski definition) is 0. The number of anilines is 1. The smallest absolute Gasteiger partial charge is 0.129 e. The normalized spacial score (nSPS) is 14.6. The summed E-state index contributed by atoms with van der Waals surface area (Å²) in [6, 6.07) is 8.88. The quantitative estimate of drug-likeness (QED) is 0.706. The summed E-state index contributed by atoms with van der Waals surface area (Å²) in [5.74, 6) is 2.05. The first kappa shape index (κ1) is 14.7. The molecule has 1 aromatic heterocycles. The van der Waals surface area contributed by atoms with Crippen LogP contribution >= 0.6 is 11.8 Å². The van der Waals surface area contributed by atoms with Crippen molar-refractivity contribution in [3.05, 3.63) is 29.8 Å². The molecule has 0 amide bonds. The summed E-state index contributed by atoms with van der Waals surface area (Å²) in [4.78, 5) is 8.73. The van der Waals surface area contributed by atoms with E-state index in [-0.39, 0.29) is 0 Å². The third-order valence-corrected chi connectivity index (χ3v) is 4.93. The molecule has 1 heterocycles. The van der Waals surface area contributed by atoms with Crippen LogP contribution in [0.1, 0.15) is 31.7 Å². The molecule has 2 aromatic rings. The predicted octanol–water partition coefficient (Wildman–Crippen LogP) is 4.89. The minimum absolute atomic E-state index is 0.895. The van der Waals surface area contributed by atoms with Crippen molar-refractivity contribution in [2.75, 3.05) is 24.2 Å². The van der Waals surface area contributed by atoms with Gasteiger partial charge in [-0.2, -0.15) is 0 Å². The Morgan fingerprint density at radius 2 is 2.10 bits per heavy atom. The zero-order valence-corrected chi connectivity index (χ0v) is 14.0. The van der Waals surface area contributed by atoms with Gasteiger partial charge in [0.05, 0.1) is 5.52 Å². The summed E-state index contributed by atoms with van der Waals surface area (Å²) in [7, 11) is 0. The highest BCUT2D eigenvalue weighted by atomic mass is 32.2. The van der Waals surface area contributed by atoms with Crippen LogP contribution in [0.25, 0.3) is 10.9 Å². The standard InChI is InChI=1S/C18H24N2S/c1-4-9-20(12-14-5-6-14)18-10-13(2)16-8-7-15(21-3)11-17(16)19-18/h7-8,10-11,14H,4-6,9,12H2,1-3H3. The van der Waals surface area contributed by atoms with E-state index in [0.717, 1.165) is 23.8 Å². The topological polar surface area (TPSA) is 16.1 Å². The van der Waals surface area contributed by atoms with Gasteiger partial charge >= 0.3 is 0 Å². The fourth-order valence-electron chi connectivity index (χ4n) is 2.83. The Kier molecular flexibility index (Phi) is 4.39. The van der Waals surface area contributed by atoms with E-state index in [1.807, 2.05) is 0 Å². The summed E-state index contributed by atoms with van der Waals surface area (Å²) >= 11 is 1.78. The molecule has 0 saturated heterocycles. The van der Waals surface area contributed by atoms with E-state index in [1.165, 1.54) is 41.7 Å². The van der Waals surface area contributed by atoms with Crippen LogP contribution in [0.15, 0.2) is 29.2 Å². The van der Waals surface area contributed by atoms with Gasteiger partial charge < -0.3 is 4.90 Å². The van der Waals surface area contributed by atoms with E-state index in [0.29, 0.717) is 0 Å². The van der Waals surface area contributed by atoms with Crippen molar-refractivity contribution in [2.24, 2.45) is 5.92 Å². The second-order valence-electron chi connectivity index (χ2n) is 6.07. The summed E-state index contributed by atoms with van der Waals surface area (Å²) < 4.78 is 0. The number of hydrogen-bond acceptors (Lipinski definition) is 3. The van der Waals surface area contributed by atoms with Crippen molar-refractivity contribution in [1.29, 1.82) is 0 Å². The molecule has 0 bridgehead atoms. The third kappa shape index (κ3) is 3.34. The molecule has 2 nitrogen and oxygen atoms in total. The van der Waals surface area contributed by atoms with Crippen LogP contribution in [0.4, 0.5) is 5.82 Å². The largest absolute Gasteiger partial charge is 0.356 e. The Balaban J connectivity index is 1.99. The van der Waals surface area contributed by atoms with Crippen LogP contribution in [0.2, 0.25) is 0 Å². The molecule has 0 aliphatic heterocycles. The first-order chi connectivity index (χ1) is 10.2. The molecule has 1 aliphatic rings. The van der Waals surface area contributed by atoms with Gasteiger partial charge in [-0.1, -0.05) is 13.0 Å². The number of pyridine rings is 1. The van der Waals surface area contributed by atoms with Crippen LogP contribution in [-0.2, 0) is 0 Å². The molecule has 3 heteroatoms. The Hall–Kier alpha value is -1.22. The lowest BCUT2D eigenvalue weighted by atomic mass is 10.1. The molecule has 0 spiro atoms. The van der Waals surface area contributed by atoms with E-state index in [1.54, 1.807) is 11.8 Å². The second-order valence-corrected chi connectivity index (χ2v) is 6.95. The number of nitrogens with zero attached hydrogens (tertiary/aromatic N) is 2. The van der Waals surface area contributed by atoms with Gasteiger partial charge in [0.15, 0.2) is 0 Å². The Morgan fingerprint density at radius 3 is 2.76 bits per heavy atom. The molecule has 0 unspecified atom stereocenters. The van der Waals surface area contributed by atoms with Crippen molar-refractivity contribution in [1.82, 2.24) is 4.98 Å². The van der Waals surface area contributed by atoms with E-state index in [9.17, 15) is 0 Å². The predicted molar refractivity (Wildman–Crippen MR) is 93.5 cm³/mol. The fraction of sp³-hybridized carbons (Fsp3) is 0.500. The van der Waals surface area contributed by atoms with Crippen molar-refractivity contribution >= 4 is 28.5 Å². The summed E-state index contributed by atoms with van der Waals surface area (Å²) in [6.45, 7) is 6.73. The number of fused-ring (bicyclic) bond motifs is 1. The maximum atomic E-state index is 4.96. The van der Waals surface area contributed by atoms with Gasteiger partial charge in [0.1, 0.15) is 5.82 Å². The van der Waals surface area contributed by atoms with Crippen LogP contribution in [0, 0.1) is 12.8 Å². The molecule has 112 valence electrons. The Bertz CT molecular complexity index is 634. The molecule has 1 fully saturated rings. The van der Waals surface area contributed by atoms with Crippen LogP contribution in [0.5, 0.6) is 0 Å². The summed E-state index contributed by atoms with van der Waals surface area (Å²) in [5, 5.41) is 1.28. The summed E-state index contributed by atoms with van der Waals surface area (Å²) in [6.07, 6.45) is 6.08. The van der Waals surface area contributed by atoms with Crippen molar-refractivity contribution in [3.63, 3.8) is 0 Å². The van der Waals surface area contributed by atoms with Crippen molar-refractivity contribution in [3.8, 4) is 0 Å². The van der Waals surface area contributed by atoms with E-state index >= 15 is 0 Å². The third-order valence-electron chi connectivity index (χ3n) is 4.20. The number of thioether (sulfide) groups is 1. The summed E-state index contributed by atoms with van der Waals surface area (Å²) in [5.41, 5.74) is 2.47. The number of rotatable bonds is 6. The minimum Gasteiger partial charge on any atom is -0.356 e. The van der Waals surface area contributed by atoms with E-state index in [4.69, 9.17) is 4.98 Å². The lowest BCUT2D eigenvalue weighted by Gasteiger charge is -2.24. The van der Waals surface area contributed by atoms with Gasteiger partial charge in [0, 0.05) is 23.4 Å². The molecule has 0 atom stereocenters. The maximum absolute atomic E-state index is 4.96. The number of aromatic nitrogens is 1. The molecule has 21 heavy (non-hydrogen) atoms. The van der Waals surface area contributed by atoms with Gasteiger partial charge in [0.25, 0.3) is 0 Å². The highest BCUT2D eigenvalue weighted by molar-refractivity contribution is 7.98. The first-order valence-corrected chi connectivity index (χ1v) is 9.14. The average Bonchev–Trinajstić information content (AvgIpc) is 3.30. The second kappa shape index (κ2) is 6.27. The van der Waals surface area contributed by atoms with Crippen molar-refractivity contribution in [2.45, 2.75) is 38.0 Å². The van der Waals surface area contributed by atoms with Gasteiger partial charge in [-0.15, -0.1) is 11.8 Å². The number of aryl methyl sites for hydroxylation is 1. The van der Waals surface area contributed by atoms with Crippen LogP contribution in [-0.4, -0.2) is 24.3 Å². The molecule has 1 aliphatic carbocycles. The van der Waals surface area contributed by atoms with Gasteiger partial charge in [-0.05, 0) is 62.1 Å². The fourth-order valence-corrected chi connectivity index (χ4v) is 3.27. The number of benzene rings is 1. The van der Waals surface area contributed by atoms with Crippen molar-refractivity contribution < 1.29 is 0 Å². The van der Waals surface area contributed by atoms with Crippen LogP contribution < -0.4 is 4.90 Å². The molecule has 0 N–H and O–H groups in total. The van der Waals surface area contributed by atoms with Crippen LogP contribution in [0.3, 0.4) is 0 Å². The first-order valence-electron chi connectivity index (χ1n) is 7.91. The molecule has 3 rings (SSSR count). The molecular formula is C18H24N2S.